The first-order valence-electron chi connectivity index (χ1n) is 8.10. The minimum absolute atomic E-state index is 1.08. The van der Waals surface area contributed by atoms with Gasteiger partial charge in [0.2, 0.25) is 0 Å². The molecule has 0 aliphatic heterocycles. The summed E-state index contributed by atoms with van der Waals surface area (Å²) in [4.78, 5) is 0. The van der Waals surface area contributed by atoms with Crippen LogP contribution in [0, 0.1) is 6.54 Å². The number of allylic oxidation sites excluding steroid dienone is 2. The average molecular weight is 252 g/mol. The third kappa shape index (κ3) is 15.7. The molecule has 0 atom stereocenters. The van der Waals surface area contributed by atoms with Gasteiger partial charge in [0.25, 0.3) is 0 Å². The molecule has 0 spiro atoms. The molecule has 1 nitrogen and oxygen atoms in total. The van der Waals surface area contributed by atoms with E-state index in [-0.39, 0.29) is 0 Å². The molecule has 1 radical (unpaired) electrons. The van der Waals surface area contributed by atoms with Crippen molar-refractivity contribution in [1.82, 2.24) is 0 Å². The highest BCUT2D eigenvalue weighted by Crippen LogP contribution is 2.09. The molecule has 0 saturated carbocycles. The maximum absolute atomic E-state index is 5.34. The molecule has 0 aliphatic carbocycles. The Labute approximate surface area is 115 Å². The van der Waals surface area contributed by atoms with E-state index >= 15 is 0 Å². The van der Waals surface area contributed by atoms with Gasteiger partial charge in [0.15, 0.2) is 0 Å². The van der Waals surface area contributed by atoms with E-state index in [4.69, 9.17) is 5.73 Å². The van der Waals surface area contributed by atoms with Crippen LogP contribution in [-0.2, 0) is 0 Å². The van der Waals surface area contributed by atoms with Gasteiger partial charge >= 0.3 is 0 Å². The average Bonchev–Trinajstić information content (AvgIpc) is 2.39. The lowest BCUT2D eigenvalue weighted by Gasteiger charge is -1.98. The van der Waals surface area contributed by atoms with Crippen LogP contribution in [0.3, 0.4) is 0 Å². The summed E-state index contributed by atoms with van der Waals surface area (Å²) in [6.45, 7) is 4.05. The van der Waals surface area contributed by atoms with Gasteiger partial charge in [-0.1, -0.05) is 70.4 Å². The van der Waals surface area contributed by atoms with Crippen LogP contribution in [0.15, 0.2) is 12.2 Å². The van der Waals surface area contributed by atoms with Crippen molar-refractivity contribution in [2.24, 2.45) is 5.73 Å². The summed E-state index contributed by atoms with van der Waals surface area (Å²) in [6.07, 6.45) is 22.1. The summed E-state index contributed by atoms with van der Waals surface area (Å²) in [7, 11) is 0. The smallest absolute Gasteiger partial charge is 0.0192 e. The van der Waals surface area contributed by atoms with Crippen molar-refractivity contribution >= 4 is 0 Å². The van der Waals surface area contributed by atoms with E-state index in [0.717, 1.165) is 6.42 Å². The van der Waals surface area contributed by atoms with Gasteiger partial charge in [-0.3, -0.25) is 0 Å². The van der Waals surface area contributed by atoms with Crippen molar-refractivity contribution in [3.63, 3.8) is 0 Å². The molecule has 0 aromatic carbocycles. The highest BCUT2D eigenvalue weighted by Gasteiger charge is 1.89. The van der Waals surface area contributed by atoms with Gasteiger partial charge in [0.05, 0.1) is 0 Å². The van der Waals surface area contributed by atoms with Crippen molar-refractivity contribution in [2.75, 3.05) is 0 Å². The molecule has 1 heteroatoms. The number of unbranched alkanes of at least 4 members (excludes halogenated alkanes) is 11. The SMILES string of the molecule is CCCCCCCCC=CCCCCCC[CH]N. The van der Waals surface area contributed by atoms with Crippen LogP contribution in [0.25, 0.3) is 0 Å². The molecule has 2 N–H and O–H groups in total. The summed E-state index contributed by atoms with van der Waals surface area (Å²) < 4.78 is 0. The maximum atomic E-state index is 5.34. The molecular formula is C17H34N. The van der Waals surface area contributed by atoms with E-state index in [1.165, 1.54) is 77.0 Å². The molecule has 0 unspecified atom stereocenters. The van der Waals surface area contributed by atoms with Gasteiger partial charge in [-0.2, -0.15) is 0 Å². The molecule has 0 aromatic heterocycles. The zero-order chi connectivity index (χ0) is 13.3. The van der Waals surface area contributed by atoms with E-state index in [0.29, 0.717) is 0 Å². The molecule has 107 valence electrons. The van der Waals surface area contributed by atoms with Crippen LogP contribution in [0.2, 0.25) is 0 Å². The Hall–Kier alpha value is -0.300. The molecule has 0 fully saturated rings. The van der Waals surface area contributed by atoms with Crippen molar-refractivity contribution in [3.05, 3.63) is 18.7 Å². The molecule has 0 heterocycles. The van der Waals surface area contributed by atoms with Crippen molar-refractivity contribution in [3.8, 4) is 0 Å². The summed E-state index contributed by atoms with van der Waals surface area (Å²) in [5.74, 6) is 0. The monoisotopic (exact) mass is 252 g/mol. The van der Waals surface area contributed by atoms with Gasteiger partial charge in [-0.05, 0) is 32.1 Å². The van der Waals surface area contributed by atoms with Crippen molar-refractivity contribution in [2.45, 2.75) is 90.4 Å². The second-order valence-corrected chi connectivity index (χ2v) is 5.26. The molecular weight excluding hydrogens is 218 g/mol. The number of nitrogens with two attached hydrogens (primary N) is 1. The van der Waals surface area contributed by atoms with Crippen molar-refractivity contribution in [1.29, 1.82) is 0 Å². The molecule has 0 amide bonds. The Morgan fingerprint density at radius 2 is 1.06 bits per heavy atom. The van der Waals surface area contributed by atoms with E-state index < -0.39 is 0 Å². The highest BCUT2D eigenvalue weighted by molar-refractivity contribution is 4.81. The van der Waals surface area contributed by atoms with Crippen molar-refractivity contribution < 1.29 is 0 Å². The Morgan fingerprint density at radius 3 is 1.56 bits per heavy atom. The normalized spacial score (nSPS) is 11.4. The van der Waals surface area contributed by atoms with E-state index in [1.807, 2.05) is 0 Å². The first-order valence-corrected chi connectivity index (χ1v) is 8.10. The number of rotatable bonds is 14. The Balaban J connectivity index is 3.00. The fourth-order valence-corrected chi connectivity index (χ4v) is 2.16. The standard InChI is InChI=1S/C17H34N/c1-2-3-4-5-6-7-8-9-10-11-12-13-14-15-16-17-18/h9-10,17H,2-8,11-16,18H2,1H3. The zero-order valence-electron chi connectivity index (χ0n) is 12.5. The van der Waals surface area contributed by atoms with Gasteiger partial charge in [-0.15, -0.1) is 0 Å². The third-order valence-corrected chi connectivity index (χ3v) is 3.38. The summed E-state index contributed by atoms with van der Waals surface area (Å²) in [5, 5.41) is 0. The quantitative estimate of drug-likeness (QED) is 0.309. The molecule has 0 saturated heterocycles. The fraction of sp³-hybridized carbons (Fsp3) is 0.824. The molecule has 0 rings (SSSR count). The molecule has 0 aliphatic rings. The largest absolute Gasteiger partial charge is 0.326 e. The highest BCUT2D eigenvalue weighted by atomic mass is 14.5. The second-order valence-electron chi connectivity index (χ2n) is 5.26. The first-order chi connectivity index (χ1) is 8.91. The van der Waals surface area contributed by atoms with E-state index in [2.05, 4.69) is 19.1 Å². The lowest BCUT2D eigenvalue weighted by Crippen LogP contribution is -1.89. The predicted molar refractivity (Wildman–Crippen MR) is 83.3 cm³/mol. The topological polar surface area (TPSA) is 26.0 Å². The van der Waals surface area contributed by atoms with Gasteiger partial charge in [0.1, 0.15) is 0 Å². The van der Waals surface area contributed by atoms with E-state index in [9.17, 15) is 0 Å². The summed E-state index contributed by atoms with van der Waals surface area (Å²) >= 11 is 0. The lowest BCUT2D eigenvalue weighted by molar-refractivity contribution is 0.610. The maximum Gasteiger partial charge on any atom is 0.0192 e. The molecule has 0 aromatic rings. The minimum atomic E-state index is 1.08. The van der Waals surface area contributed by atoms with Crippen LogP contribution in [0.4, 0.5) is 0 Å². The Morgan fingerprint density at radius 1 is 0.611 bits per heavy atom. The number of hydrogen-bond acceptors (Lipinski definition) is 1. The summed E-state index contributed by atoms with van der Waals surface area (Å²) in [5.41, 5.74) is 5.34. The molecule has 18 heavy (non-hydrogen) atoms. The van der Waals surface area contributed by atoms with Crippen LogP contribution in [-0.4, -0.2) is 0 Å². The van der Waals surface area contributed by atoms with Crippen LogP contribution in [0.1, 0.15) is 90.4 Å². The number of hydrogen-bond donors (Lipinski definition) is 1. The Bertz CT molecular complexity index is 145. The minimum Gasteiger partial charge on any atom is -0.326 e. The van der Waals surface area contributed by atoms with Crippen LogP contribution in [0.5, 0.6) is 0 Å². The first kappa shape index (κ1) is 17.7. The van der Waals surface area contributed by atoms with Gasteiger partial charge in [-0.25, -0.2) is 0 Å². The molecule has 0 bridgehead atoms. The zero-order valence-corrected chi connectivity index (χ0v) is 12.5. The third-order valence-electron chi connectivity index (χ3n) is 3.38. The fourth-order valence-electron chi connectivity index (χ4n) is 2.16. The van der Waals surface area contributed by atoms with E-state index in [1.54, 1.807) is 6.54 Å². The predicted octanol–water partition coefficient (Wildman–Crippen LogP) is 5.75. The van der Waals surface area contributed by atoms with Crippen LogP contribution < -0.4 is 5.73 Å². The summed E-state index contributed by atoms with van der Waals surface area (Å²) in [6, 6.07) is 0. The lowest BCUT2D eigenvalue weighted by atomic mass is 10.1. The van der Waals surface area contributed by atoms with Gasteiger partial charge < -0.3 is 5.73 Å². The van der Waals surface area contributed by atoms with Gasteiger partial charge in [0, 0.05) is 6.54 Å². The Kier molecular flexibility index (Phi) is 16.4. The second kappa shape index (κ2) is 16.7. The van der Waals surface area contributed by atoms with Crippen LogP contribution >= 0.6 is 0 Å².